The lowest BCUT2D eigenvalue weighted by Gasteiger charge is -2.18. The second-order valence-corrected chi connectivity index (χ2v) is 5.17. The number of aliphatic carboxylic acids is 1. The number of anilines is 1. The molecule has 4 nitrogen and oxygen atoms in total. The van der Waals surface area contributed by atoms with Crippen molar-refractivity contribution in [1.29, 1.82) is 0 Å². The number of carbonyl (C=O) groups is 1. The summed E-state index contributed by atoms with van der Waals surface area (Å²) in [5.41, 5.74) is 0.878. The molecule has 2 aromatic carbocycles. The Bertz CT molecular complexity index is 663. The van der Waals surface area contributed by atoms with Crippen LogP contribution < -0.4 is 10.1 Å². The van der Waals surface area contributed by atoms with Crippen molar-refractivity contribution in [2.24, 2.45) is 0 Å². The minimum Gasteiger partial charge on any atom is -0.497 e. The molecule has 2 N–H and O–H groups in total. The molecule has 0 amide bonds. The predicted octanol–water partition coefficient (Wildman–Crippen LogP) is 3.83. The molecule has 0 fully saturated rings. The smallest absolute Gasteiger partial charge is 0.330 e. The normalized spacial score (nSPS) is 11.8. The van der Waals surface area contributed by atoms with Gasteiger partial charge in [-0.05, 0) is 30.3 Å². The molecule has 0 aromatic heterocycles. The van der Waals surface area contributed by atoms with E-state index in [0.29, 0.717) is 21.5 Å². The molecule has 6 heteroatoms. The van der Waals surface area contributed by atoms with Gasteiger partial charge in [0.05, 0.1) is 7.11 Å². The van der Waals surface area contributed by atoms with Gasteiger partial charge in [0, 0.05) is 21.8 Å². The Morgan fingerprint density at radius 2 is 2.10 bits per heavy atom. The lowest BCUT2D eigenvalue weighted by molar-refractivity contribution is -0.138. The summed E-state index contributed by atoms with van der Waals surface area (Å²) in [6.07, 6.45) is 0. The van der Waals surface area contributed by atoms with E-state index in [1.165, 1.54) is 25.3 Å². The highest BCUT2D eigenvalue weighted by atomic mass is 79.9. The van der Waals surface area contributed by atoms with E-state index in [1.54, 1.807) is 24.3 Å². The van der Waals surface area contributed by atoms with Gasteiger partial charge in [-0.3, -0.25) is 0 Å². The topological polar surface area (TPSA) is 58.6 Å². The third-order valence-corrected chi connectivity index (χ3v) is 3.62. The van der Waals surface area contributed by atoms with E-state index in [1.807, 2.05) is 0 Å². The van der Waals surface area contributed by atoms with Crippen LogP contribution in [-0.2, 0) is 4.79 Å². The minimum atomic E-state index is -1.11. The lowest BCUT2D eigenvalue weighted by atomic mass is 10.1. The van der Waals surface area contributed by atoms with Gasteiger partial charge in [-0.15, -0.1) is 0 Å². The van der Waals surface area contributed by atoms with Crippen LogP contribution in [0, 0.1) is 5.82 Å². The first-order valence-electron chi connectivity index (χ1n) is 6.09. The highest BCUT2D eigenvalue weighted by molar-refractivity contribution is 9.10. The molecule has 0 saturated heterocycles. The van der Waals surface area contributed by atoms with Crippen LogP contribution in [0.5, 0.6) is 5.75 Å². The van der Waals surface area contributed by atoms with Gasteiger partial charge in [0.2, 0.25) is 0 Å². The number of nitrogens with one attached hydrogen (secondary N) is 1. The van der Waals surface area contributed by atoms with E-state index in [2.05, 4.69) is 21.2 Å². The summed E-state index contributed by atoms with van der Waals surface area (Å²) in [6.45, 7) is 0. The van der Waals surface area contributed by atoms with Crippen molar-refractivity contribution in [3.05, 3.63) is 58.3 Å². The molecule has 0 saturated carbocycles. The second-order valence-electron chi connectivity index (χ2n) is 4.31. The number of halogens is 2. The number of carboxylic acids is 1. The van der Waals surface area contributed by atoms with Crippen molar-refractivity contribution >= 4 is 27.6 Å². The SMILES string of the molecule is COc1cccc(NC(C(=O)O)c2cc(F)ccc2Br)c1. The van der Waals surface area contributed by atoms with Crippen LogP contribution >= 0.6 is 15.9 Å². The molecule has 1 unspecified atom stereocenters. The molecule has 1 atom stereocenters. The zero-order valence-electron chi connectivity index (χ0n) is 11.1. The van der Waals surface area contributed by atoms with Crippen LogP contribution in [0.1, 0.15) is 11.6 Å². The molecule has 0 aliphatic rings. The van der Waals surface area contributed by atoms with E-state index < -0.39 is 17.8 Å². The van der Waals surface area contributed by atoms with E-state index >= 15 is 0 Å². The van der Waals surface area contributed by atoms with E-state index in [0.717, 1.165) is 0 Å². The number of ether oxygens (including phenoxy) is 1. The van der Waals surface area contributed by atoms with Crippen molar-refractivity contribution in [2.45, 2.75) is 6.04 Å². The quantitative estimate of drug-likeness (QED) is 0.857. The molecule has 21 heavy (non-hydrogen) atoms. The summed E-state index contributed by atoms with van der Waals surface area (Å²) < 4.78 is 19.0. The van der Waals surface area contributed by atoms with Crippen LogP contribution in [0.25, 0.3) is 0 Å². The van der Waals surface area contributed by atoms with Gasteiger partial charge in [0.25, 0.3) is 0 Å². The number of hydrogen-bond acceptors (Lipinski definition) is 3. The molecule has 0 radical (unpaired) electrons. The highest BCUT2D eigenvalue weighted by Crippen LogP contribution is 2.28. The first-order valence-corrected chi connectivity index (χ1v) is 6.89. The fourth-order valence-corrected chi connectivity index (χ4v) is 2.36. The molecule has 2 rings (SSSR count). The average molecular weight is 354 g/mol. The fraction of sp³-hybridized carbons (Fsp3) is 0.133. The summed E-state index contributed by atoms with van der Waals surface area (Å²) in [5.74, 6) is -1.00. The molecule has 0 heterocycles. The molecule has 0 spiro atoms. The highest BCUT2D eigenvalue weighted by Gasteiger charge is 2.22. The monoisotopic (exact) mass is 353 g/mol. The second kappa shape index (κ2) is 6.58. The molecule has 2 aromatic rings. The van der Waals surface area contributed by atoms with Crippen molar-refractivity contribution in [1.82, 2.24) is 0 Å². The Morgan fingerprint density at radius 3 is 2.76 bits per heavy atom. The Kier molecular flexibility index (Phi) is 4.80. The maximum Gasteiger partial charge on any atom is 0.330 e. The Hall–Kier alpha value is -2.08. The minimum absolute atomic E-state index is 0.310. The van der Waals surface area contributed by atoms with Crippen LogP contribution in [0.15, 0.2) is 46.9 Å². The number of benzene rings is 2. The van der Waals surface area contributed by atoms with E-state index in [-0.39, 0.29) is 0 Å². The molecule has 110 valence electrons. The summed E-state index contributed by atoms with van der Waals surface area (Å²) >= 11 is 3.25. The summed E-state index contributed by atoms with van der Waals surface area (Å²) in [4.78, 5) is 11.5. The van der Waals surface area contributed by atoms with Crippen LogP contribution in [0.4, 0.5) is 10.1 Å². The average Bonchev–Trinajstić information content (AvgIpc) is 2.47. The number of hydrogen-bond donors (Lipinski definition) is 2. The van der Waals surface area contributed by atoms with Gasteiger partial charge in [-0.25, -0.2) is 9.18 Å². The van der Waals surface area contributed by atoms with Crippen LogP contribution in [0.3, 0.4) is 0 Å². The Balaban J connectivity index is 2.35. The maximum absolute atomic E-state index is 13.4. The molecule has 0 aliphatic carbocycles. The van der Waals surface area contributed by atoms with Gasteiger partial charge in [0.15, 0.2) is 6.04 Å². The van der Waals surface area contributed by atoms with Gasteiger partial charge in [-0.2, -0.15) is 0 Å². The van der Waals surface area contributed by atoms with Crippen molar-refractivity contribution < 1.29 is 19.0 Å². The van der Waals surface area contributed by atoms with Gasteiger partial charge in [-0.1, -0.05) is 22.0 Å². The predicted molar refractivity (Wildman–Crippen MR) is 81.1 cm³/mol. The van der Waals surface area contributed by atoms with Crippen LogP contribution in [0.2, 0.25) is 0 Å². The number of carboxylic acid groups (broad SMARTS) is 1. The zero-order chi connectivity index (χ0) is 15.4. The van der Waals surface area contributed by atoms with Crippen molar-refractivity contribution in [3.63, 3.8) is 0 Å². The lowest BCUT2D eigenvalue weighted by Crippen LogP contribution is -2.21. The fourth-order valence-electron chi connectivity index (χ4n) is 1.89. The summed E-state index contributed by atoms with van der Waals surface area (Å²) in [5, 5.41) is 12.3. The maximum atomic E-state index is 13.4. The van der Waals surface area contributed by atoms with Gasteiger partial charge < -0.3 is 15.2 Å². The third kappa shape index (κ3) is 3.72. The summed E-state index contributed by atoms with van der Waals surface area (Å²) in [6, 6.07) is 9.72. The molecular weight excluding hydrogens is 341 g/mol. The van der Waals surface area contributed by atoms with E-state index in [4.69, 9.17) is 4.74 Å². The van der Waals surface area contributed by atoms with Crippen LogP contribution in [-0.4, -0.2) is 18.2 Å². The molecular formula is C15H13BrFNO3. The zero-order valence-corrected chi connectivity index (χ0v) is 12.7. The van der Waals surface area contributed by atoms with Crippen molar-refractivity contribution in [3.8, 4) is 5.75 Å². The van der Waals surface area contributed by atoms with E-state index in [9.17, 15) is 14.3 Å². The Morgan fingerprint density at radius 1 is 1.33 bits per heavy atom. The molecule has 0 aliphatic heterocycles. The summed E-state index contributed by atoms with van der Waals surface area (Å²) in [7, 11) is 1.52. The van der Waals surface area contributed by atoms with Gasteiger partial charge in [0.1, 0.15) is 11.6 Å². The first kappa shape index (κ1) is 15.3. The Labute approximate surface area is 129 Å². The standard InChI is InChI=1S/C15H13BrFNO3/c1-21-11-4-2-3-10(8-11)18-14(15(19)20)12-7-9(17)5-6-13(12)16/h2-8,14,18H,1H3,(H,19,20). The third-order valence-electron chi connectivity index (χ3n) is 2.90. The van der Waals surface area contributed by atoms with Crippen molar-refractivity contribution in [2.75, 3.05) is 12.4 Å². The molecule has 0 bridgehead atoms. The number of methoxy groups -OCH3 is 1. The van der Waals surface area contributed by atoms with Gasteiger partial charge >= 0.3 is 5.97 Å². The number of rotatable bonds is 5. The first-order chi connectivity index (χ1) is 10.0. The largest absolute Gasteiger partial charge is 0.497 e.